The van der Waals surface area contributed by atoms with Gasteiger partial charge in [-0.2, -0.15) is 0 Å². The molecule has 1 heterocycles. The first-order valence-corrected chi connectivity index (χ1v) is 9.38. The van der Waals surface area contributed by atoms with Crippen molar-refractivity contribution in [1.82, 2.24) is 4.98 Å². The Kier molecular flexibility index (Phi) is 6.22. The molecule has 0 spiro atoms. The Morgan fingerprint density at radius 1 is 1.11 bits per heavy atom. The quantitative estimate of drug-likeness (QED) is 0.594. The van der Waals surface area contributed by atoms with Crippen LogP contribution in [0.1, 0.15) is 12.5 Å². The molecule has 0 aliphatic rings. The van der Waals surface area contributed by atoms with Crippen molar-refractivity contribution in [3.8, 4) is 22.8 Å². The zero-order valence-corrected chi connectivity index (χ0v) is 16.0. The van der Waals surface area contributed by atoms with Crippen LogP contribution in [-0.2, 0) is 4.79 Å². The third-order valence-electron chi connectivity index (χ3n) is 3.74. The maximum atomic E-state index is 12.1. The first-order valence-electron chi connectivity index (χ1n) is 8.50. The summed E-state index contributed by atoms with van der Waals surface area (Å²) in [4.78, 5) is 16.6. The number of thiazole rings is 1. The monoisotopic (exact) mass is 380 g/mol. The number of carbonyl (C=O) groups excluding carboxylic acids is 1. The van der Waals surface area contributed by atoms with Gasteiger partial charge in [-0.1, -0.05) is 12.1 Å². The summed E-state index contributed by atoms with van der Waals surface area (Å²) in [6, 6.07) is 15.2. The molecule has 5 nitrogen and oxygen atoms in total. The van der Waals surface area contributed by atoms with E-state index in [2.05, 4.69) is 10.3 Å². The van der Waals surface area contributed by atoms with Gasteiger partial charge in [-0.05, 0) is 55.0 Å². The lowest BCUT2D eigenvalue weighted by Crippen LogP contribution is -2.07. The van der Waals surface area contributed by atoms with Crippen molar-refractivity contribution in [1.29, 1.82) is 0 Å². The molecule has 27 heavy (non-hydrogen) atoms. The van der Waals surface area contributed by atoms with E-state index in [4.69, 9.17) is 9.47 Å². The van der Waals surface area contributed by atoms with Crippen LogP contribution in [0.15, 0.2) is 60.0 Å². The third kappa shape index (κ3) is 5.18. The average Bonchev–Trinajstić information content (AvgIpc) is 3.16. The third-order valence-corrected chi connectivity index (χ3v) is 4.50. The van der Waals surface area contributed by atoms with Crippen LogP contribution in [-0.4, -0.2) is 24.6 Å². The molecule has 1 N–H and O–H groups in total. The topological polar surface area (TPSA) is 60.5 Å². The summed E-state index contributed by atoms with van der Waals surface area (Å²) in [5, 5.41) is 5.26. The lowest BCUT2D eigenvalue weighted by atomic mass is 10.2. The number of carbonyl (C=O) groups is 1. The Labute approximate surface area is 162 Å². The number of benzene rings is 2. The fourth-order valence-corrected chi connectivity index (χ4v) is 3.11. The normalized spacial score (nSPS) is 10.7. The Morgan fingerprint density at radius 3 is 2.48 bits per heavy atom. The molecule has 6 heteroatoms. The fraction of sp³-hybridized carbons (Fsp3) is 0.143. The van der Waals surface area contributed by atoms with Crippen molar-refractivity contribution >= 4 is 28.5 Å². The van der Waals surface area contributed by atoms with Crippen molar-refractivity contribution in [2.45, 2.75) is 6.92 Å². The van der Waals surface area contributed by atoms with Crippen LogP contribution in [0.25, 0.3) is 17.3 Å². The SMILES string of the molecule is CCOc1ccc(-c2csc(NC(=O)C=Cc3ccc(OC)cc3)n2)cc1. The van der Waals surface area contributed by atoms with Crippen molar-refractivity contribution in [3.05, 3.63) is 65.6 Å². The Morgan fingerprint density at radius 2 is 1.81 bits per heavy atom. The summed E-state index contributed by atoms with van der Waals surface area (Å²) in [6.07, 6.45) is 3.23. The van der Waals surface area contributed by atoms with E-state index in [-0.39, 0.29) is 5.91 Å². The smallest absolute Gasteiger partial charge is 0.250 e. The number of hydrogen-bond acceptors (Lipinski definition) is 5. The highest BCUT2D eigenvalue weighted by molar-refractivity contribution is 7.14. The minimum atomic E-state index is -0.224. The first-order chi connectivity index (χ1) is 13.2. The number of amides is 1. The molecular formula is C21H20N2O3S. The molecule has 3 aromatic rings. The molecule has 0 aliphatic heterocycles. The van der Waals surface area contributed by atoms with E-state index >= 15 is 0 Å². The van der Waals surface area contributed by atoms with E-state index in [0.717, 1.165) is 28.3 Å². The van der Waals surface area contributed by atoms with Gasteiger partial charge in [0.1, 0.15) is 11.5 Å². The summed E-state index contributed by atoms with van der Waals surface area (Å²) in [7, 11) is 1.62. The van der Waals surface area contributed by atoms with Crippen LogP contribution in [0, 0.1) is 0 Å². The molecule has 138 valence electrons. The van der Waals surface area contributed by atoms with E-state index in [1.165, 1.54) is 17.4 Å². The van der Waals surface area contributed by atoms with Gasteiger partial charge < -0.3 is 9.47 Å². The number of hydrogen-bond donors (Lipinski definition) is 1. The number of anilines is 1. The molecule has 0 unspecified atom stereocenters. The van der Waals surface area contributed by atoms with E-state index in [0.29, 0.717) is 11.7 Å². The van der Waals surface area contributed by atoms with Crippen LogP contribution < -0.4 is 14.8 Å². The number of nitrogens with one attached hydrogen (secondary N) is 1. The minimum absolute atomic E-state index is 0.224. The molecule has 0 aliphatic carbocycles. The van der Waals surface area contributed by atoms with Crippen LogP contribution in [0.2, 0.25) is 0 Å². The van der Waals surface area contributed by atoms with Crippen LogP contribution in [0.3, 0.4) is 0 Å². The van der Waals surface area contributed by atoms with Gasteiger partial charge in [0.15, 0.2) is 5.13 Å². The molecule has 1 amide bonds. The molecule has 3 rings (SSSR count). The maximum Gasteiger partial charge on any atom is 0.250 e. The zero-order valence-electron chi connectivity index (χ0n) is 15.1. The first kappa shape index (κ1) is 18.7. The number of aromatic nitrogens is 1. The molecule has 0 saturated carbocycles. The van der Waals surface area contributed by atoms with E-state index in [1.807, 2.05) is 60.8 Å². The highest BCUT2D eigenvalue weighted by Crippen LogP contribution is 2.26. The van der Waals surface area contributed by atoms with Gasteiger partial charge in [0.05, 0.1) is 19.4 Å². The molecular weight excluding hydrogens is 360 g/mol. The van der Waals surface area contributed by atoms with Gasteiger partial charge >= 0.3 is 0 Å². The van der Waals surface area contributed by atoms with Crippen LogP contribution >= 0.6 is 11.3 Å². The largest absolute Gasteiger partial charge is 0.497 e. The van der Waals surface area contributed by atoms with Gasteiger partial charge in [-0.15, -0.1) is 11.3 Å². The van der Waals surface area contributed by atoms with Crippen molar-refractivity contribution in [2.75, 3.05) is 19.0 Å². The average molecular weight is 380 g/mol. The molecule has 2 aromatic carbocycles. The van der Waals surface area contributed by atoms with Crippen LogP contribution in [0.5, 0.6) is 11.5 Å². The highest BCUT2D eigenvalue weighted by atomic mass is 32.1. The number of rotatable bonds is 7. The number of ether oxygens (including phenoxy) is 2. The van der Waals surface area contributed by atoms with Gasteiger partial charge in [0, 0.05) is 17.0 Å². The Bertz CT molecular complexity index is 915. The Balaban J connectivity index is 1.60. The van der Waals surface area contributed by atoms with Crippen molar-refractivity contribution < 1.29 is 14.3 Å². The van der Waals surface area contributed by atoms with E-state index < -0.39 is 0 Å². The van der Waals surface area contributed by atoms with Crippen molar-refractivity contribution in [2.24, 2.45) is 0 Å². The van der Waals surface area contributed by atoms with Crippen LogP contribution in [0.4, 0.5) is 5.13 Å². The predicted octanol–water partition coefficient (Wildman–Crippen LogP) is 4.87. The number of nitrogens with zero attached hydrogens (tertiary/aromatic N) is 1. The molecule has 1 aromatic heterocycles. The van der Waals surface area contributed by atoms with Gasteiger partial charge in [-0.25, -0.2) is 4.98 Å². The second-order valence-electron chi connectivity index (χ2n) is 5.59. The summed E-state index contributed by atoms with van der Waals surface area (Å²) >= 11 is 1.39. The molecule has 0 fully saturated rings. The molecule has 0 atom stereocenters. The number of methoxy groups -OCH3 is 1. The summed E-state index contributed by atoms with van der Waals surface area (Å²) in [5.41, 5.74) is 2.71. The van der Waals surface area contributed by atoms with Gasteiger partial charge in [0.25, 0.3) is 0 Å². The Hall–Kier alpha value is -3.12. The fourth-order valence-electron chi connectivity index (χ4n) is 2.39. The molecule has 0 radical (unpaired) electrons. The van der Waals surface area contributed by atoms with E-state index in [9.17, 15) is 4.79 Å². The minimum Gasteiger partial charge on any atom is -0.497 e. The highest BCUT2D eigenvalue weighted by Gasteiger charge is 2.07. The second-order valence-corrected chi connectivity index (χ2v) is 6.45. The van der Waals surface area contributed by atoms with Gasteiger partial charge in [-0.3, -0.25) is 10.1 Å². The molecule has 0 bridgehead atoms. The second kappa shape index (κ2) is 9.00. The summed E-state index contributed by atoms with van der Waals surface area (Å²) < 4.78 is 10.6. The zero-order chi connectivity index (χ0) is 19.1. The van der Waals surface area contributed by atoms with Gasteiger partial charge in [0.2, 0.25) is 5.91 Å². The standard InChI is InChI=1S/C21H20N2O3S/c1-3-26-18-11-7-16(8-12-18)19-14-27-21(22-19)23-20(24)13-6-15-4-9-17(25-2)10-5-15/h4-14H,3H2,1-2H3,(H,22,23,24). The predicted molar refractivity (Wildman–Crippen MR) is 109 cm³/mol. The van der Waals surface area contributed by atoms with E-state index in [1.54, 1.807) is 13.2 Å². The molecule has 0 saturated heterocycles. The maximum absolute atomic E-state index is 12.1. The lowest BCUT2D eigenvalue weighted by Gasteiger charge is -2.03. The lowest BCUT2D eigenvalue weighted by molar-refractivity contribution is -0.111. The van der Waals surface area contributed by atoms with Crippen molar-refractivity contribution in [3.63, 3.8) is 0 Å². The summed E-state index contributed by atoms with van der Waals surface area (Å²) in [5.74, 6) is 1.38. The summed E-state index contributed by atoms with van der Waals surface area (Å²) in [6.45, 7) is 2.59.